The SMILES string of the molecule is CCCCCCCC/C=C/C=C/CCOC(C)=O.CCCCCCCC/C=C/C=C/CCOC(C)=O. The van der Waals surface area contributed by atoms with Crippen LogP contribution in [0.4, 0.5) is 0 Å². The van der Waals surface area contributed by atoms with E-state index in [-0.39, 0.29) is 11.9 Å². The number of carbonyl (C=O) groups excluding carboxylic acids is 2. The van der Waals surface area contributed by atoms with Gasteiger partial charge < -0.3 is 9.47 Å². The molecule has 0 atom stereocenters. The van der Waals surface area contributed by atoms with E-state index in [9.17, 15) is 9.59 Å². The van der Waals surface area contributed by atoms with E-state index in [4.69, 9.17) is 9.47 Å². The minimum absolute atomic E-state index is 0.206. The lowest BCUT2D eigenvalue weighted by Gasteiger charge is -1.97. The first kappa shape index (κ1) is 36.1. The first-order chi connectivity index (χ1) is 17.5. The lowest BCUT2D eigenvalue weighted by atomic mass is 10.1. The number of unbranched alkanes of at least 4 members (excludes halogenated alkanes) is 12. The van der Waals surface area contributed by atoms with Crippen LogP contribution in [0.3, 0.4) is 0 Å². The summed E-state index contributed by atoms with van der Waals surface area (Å²) >= 11 is 0. The van der Waals surface area contributed by atoms with Gasteiger partial charge in [-0.15, -0.1) is 0 Å². The smallest absolute Gasteiger partial charge is 0.302 e. The number of allylic oxidation sites excluding steroid dienone is 6. The Bertz CT molecular complexity index is 535. The molecule has 0 aliphatic carbocycles. The molecule has 0 aromatic carbocycles. The maximum atomic E-state index is 10.5. The first-order valence-electron chi connectivity index (χ1n) is 14.4. The molecule has 0 fully saturated rings. The summed E-state index contributed by atoms with van der Waals surface area (Å²) in [5.74, 6) is -0.413. The lowest BCUT2D eigenvalue weighted by molar-refractivity contribution is -0.141. The fourth-order valence-electron chi connectivity index (χ4n) is 3.33. The molecule has 208 valence electrons. The van der Waals surface area contributed by atoms with Crippen LogP contribution in [0, 0.1) is 0 Å². The molecule has 0 spiro atoms. The summed E-state index contributed by atoms with van der Waals surface area (Å²) in [5, 5.41) is 0. The van der Waals surface area contributed by atoms with Crippen LogP contribution in [0.5, 0.6) is 0 Å². The zero-order valence-electron chi connectivity index (χ0n) is 24.0. The normalized spacial score (nSPS) is 11.4. The highest BCUT2D eigenvalue weighted by atomic mass is 16.5. The Balaban J connectivity index is 0. The fraction of sp³-hybridized carbons (Fsp3) is 0.688. The lowest BCUT2D eigenvalue weighted by Crippen LogP contribution is -1.98. The van der Waals surface area contributed by atoms with E-state index in [0.717, 1.165) is 12.8 Å². The standard InChI is InChI=1S/2C16H28O2/c2*1-3-4-5-6-7-8-9-10-11-12-13-14-15-18-16(2)17/h2*10-13H,3-9,14-15H2,1-2H3/b2*11-10+,13-12+. The van der Waals surface area contributed by atoms with Crippen LogP contribution >= 0.6 is 0 Å². The summed E-state index contributed by atoms with van der Waals surface area (Å²) < 4.78 is 9.64. The van der Waals surface area contributed by atoms with Gasteiger partial charge >= 0.3 is 11.9 Å². The van der Waals surface area contributed by atoms with Crippen LogP contribution in [0.1, 0.15) is 130 Å². The van der Waals surface area contributed by atoms with Gasteiger partial charge in [-0.05, 0) is 38.5 Å². The predicted molar refractivity (Wildman–Crippen MR) is 155 cm³/mol. The molecule has 0 aromatic rings. The average molecular weight is 505 g/mol. The van der Waals surface area contributed by atoms with Crippen LogP contribution in [-0.4, -0.2) is 25.2 Å². The molecule has 0 amide bonds. The van der Waals surface area contributed by atoms with E-state index < -0.39 is 0 Å². The van der Waals surface area contributed by atoms with Gasteiger partial charge in [0.1, 0.15) is 0 Å². The maximum absolute atomic E-state index is 10.5. The molecular formula is C32H56O4. The Kier molecular flexibility index (Phi) is 33.0. The third-order valence-electron chi connectivity index (χ3n) is 5.39. The molecule has 0 unspecified atom stereocenters. The van der Waals surface area contributed by atoms with Gasteiger partial charge in [0.15, 0.2) is 0 Å². The van der Waals surface area contributed by atoms with Crippen molar-refractivity contribution in [3.05, 3.63) is 48.6 Å². The quantitative estimate of drug-likeness (QED) is 0.0836. The summed E-state index contributed by atoms with van der Waals surface area (Å²) in [4.78, 5) is 21.0. The second-order valence-corrected chi connectivity index (χ2v) is 9.08. The Labute approximate surface area is 223 Å². The van der Waals surface area contributed by atoms with Crippen molar-refractivity contribution in [2.45, 2.75) is 130 Å². The molecule has 0 aliphatic rings. The Morgan fingerprint density at radius 3 is 1.11 bits per heavy atom. The number of esters is 2. The first-order valence-corrected chi connectivity index (χ1v) is 14.4. The second kappa shape index (κ2) is 32.9. The van der Waals surface area contributed by atoms with Crippen LogP contribution in [0.25, 0.3) is 0 Å². The third kappa shape index (κ3) is 39.1. The maximum Gasteiger partial charge on any atom is 0.302 e. The molecule has 36 heavy (non-hydrogen) atoms. The van der Waals surface area contributed by atoms with Crippen molar-refractivity contribution in [3.8, 4) is 0 Å². The minimum Gasteiger partial charge on any atom is -0.466 e. The van der Waals surface area contributed by atoms with Crippen LogP contribution in [-0.2, 0) is 19.1 Å². The average Bonchev–Trinajstić information content (AvgIpc) is 2.85. The van der Waals surface area contributed by atoms with Gasteiger partial charge in [-0.1, -0.05) is 127 Å². The predicted octanol–water partition coefficient (Wildman–Crippen LogP) is 9.61. The fourth-order valence-corrected chi connectivity index (χ4v) is 3.33. The van der Waals surface area contributed by atoms with Crippen LogP contribution in [0.15, 0.2) is 48.6 Å². The highest BCUT2D eigenvalue weighted by Gasteiger charge is 1.90. The molecule has 0 aromatic heterocycles. The van der Waals surface area contributed by atoms with E-state index in [2.05, 4.69) is 38.2 Å². The van der Waals surface area contributed by atoms with Crippen LogP contribution < -0.4 is 0 Å². The van der Waals surface area contributed by atoms with Crippen molar-refractivity contribution < 1.29 is 19.1 Å². The topological polar surface area (TPSA) is 52.6 Å². The Morgan fingerprint density at radius 1 is 0.472 bits per heavy atom. The molecule has 0 heterocycles. The van der Waals surface area contributed by atoms with Gasteiger partial charge in [-0.2, -0.15) is 0 Å². The summed E-state index contributed by atoms with van der Waals surface area (Å²) in [6, 6.07) is 0. The molecule has 4 heteroatoms. The van der Waals surface area contributed by atoms with Gasteiger partial charge in [0.2, 0.25) is 0 Å². The molecule has 0 saturated carbocycles. The van der Waals surface area contributed by atoms with E-state index in [0.29, 0.717) is 13.2 Å². The Hall–Kier alpha value is -2.10. The highest BCUT2D eigenvalue weighted by molar-refractivity contribution is 5.66. The van der Waals surface area contributed by atoms with E-state index >= 15 is 0 Å². The monoisotopic (exact) mass is 504 g/mol. The molecule has 4 nitrogen and oxygen atoms in total. The van der Waals surface area contributed by atoms with Crippen molar-refractivity contribution in [3.63, 3.8) is 0 Å². The van der Waals surface area contributed by atoms with Gasteiger partial charge in [-0.3, -0.25) is 9.59 Å². The summed E-state index contributed by atoms with van der Waals surface area (Å²) in [5.41, 5.74) is 0. The number of carbonyl (C=O) groups is 2. The molecule has 0 radical (unpaired) electrons. The van der Waals surface area contributed by atoms with E-state index in [1.165, 1.54) is 104 Å². The number of hydrogen-bond donors (Lipinski definition) is 0. The second-order valence-electron chi connectivity index (χ2n) is 9.08. The van der Waals surface area contributed by atoms with Crippen LogP contribution in [0.2, 0.25) is 0 Å². The van der Waals surface area contributed by atoms with Gasteiger partial charge in [0, 0.05) is 13.8 Å². The Morgan fingerprint density at radius 2 is 0.778 bits per heavy atom. The van der Waals surface area contributed by atoms with Gasteiger partial charge in [-0.25, -0.2) is 0 Å². The molecular weight excluding hydrogens is 448 g/mol. The van der Waals surface area contributed by atoms with Crippen molar-refractivity contribution in [1.29, 1.82) is 0 Å². The van der Waals surface area contributed by atoms with Gasteiger partial charge in [0.05, 0.1) is 13.2 Å². The van der Waals surface area contributed by atoms with E-state index in [1.807, 2.05) is 24.3 Å². The summed E-state index contributed by atoms with van der Waals surface area (Å²) in [6.45, 7) is 8.33. The van der Waals surface area contributed by atoms with Crippen molar-refractivity contribution in [1.82, 2.24) is 0 Å². The molecule has 0 aliphatic heterocycles. The molecule has 0 rings (SSSR count). The third-order valence-corrected chi connectivity index (χ3v) is 5.39. The number of rotatable bonds is 22. The highest BCUT2D eigenvalue weighted by Crippen LogP contribution is 2.08. The number of hydrogen-bond acceptors (Lipinski definition) is 4. The van der Waals surface area contributed by atoms with Crippen molar-refractivity contribution in [2.75, 3.05) is 13.2 Å². The molecule has 0 N–H and O–H groups in total. The summed E-state index contributed by atoms with van der Waals surface area (Å²) in [6.07, 6.45) is 36.8. The largest absolute Gasteiger partial charge is 0.466 e. The minimum atomic E-state index is -0.206. The van der Waals surface area contributed by atoms with Gasteiger partial charge in [0.25, 0.3) is 0 Å². The van der Waals surface area contributed by atoms with Crippen molar-refractivity contribution >= 4 is 11.9 Å². The molecule has 0 bridgehead atoms. The zero-order valence-corrected chi connectivity index (χ0v) is 24.0. The van der Waals surface area contributed by atoms with E-state index in [1.54, 1.807) is 0 Å². The zero-order chi connectivity index (χ0) is 27.0. The number of ether oxygens (including phenoxy) is 2. The van der Waals surface area contributed by atoms with Crippen molar-refractivity contribution in [2.24, 2.45) is 0 Å². The summed E-state index contributed by atoms with van der Waals surface area (Å²) in [7, 11) is 0. The molecule has 0 saturated heterocycles.